The lowest BCUT2D eigenvalue weighted by Crippen LogP contribution is -2.42. The highest BCUT2D eigenvalue weighted by Gasteiger charge is 2.31. The van der Waals surface area contributed by atoms with E-state index in [4.69, 9.17) is 4.74 Å². The van der Waals surface area contributed by atoms with Gasteiger partial charge in [0, 0.05) is 24.5 Å². The van der Waals surface area contributed by atoms with Gasteiger partial charge in [-0.2, -0.15) is 4.98 Å². The fraction of sp³-hybridized carbons (Fsp3) is 0.417. The third kappa shape index (κ3) is 6.51. The van der Waals surface area contributed by atoms with Gasteiger partial charge < -0.3 is 24.6 Å². The van der Waals surface area contributed by atoms with Crippen LogP contribution in [0.4, 0.5) is 24.8 Å². The molecule has 0 atom stereocenters. The average molecular weight is 505 g/mol. The molecule has 1 saturated heterocycles. The van der Waals surface area contributed by atoms with Crippen molar-refractivity contribution in [2.24, 2.45) is 0 Å². The summed E-state index contributed by atoms with van der Waals surface area (Å²) >= 11 is 0. The van der Waals surface area contributed by atoms with Crippen molar-refractivity contribution in [2.45, 2.75) is 32.2 Å². The van der Waals surface area contributed by atoms with E-state index < -0.39 is 12.3 Å². The van der Waals surface area contributed by atoms with Crippen molar-refractivity contribution >= 4 is 28.6 Å². The van der Waals surface area contributed by atoms with E-state index in [-0.39, 0.29) is 18.1 Å². The maximum atomic E-state index is 12.3. The summed E-state index contributed by atoms with van der Waals surface area (Å²) in [6, 6.07) is 7.09. The van der Waals surface area contributed by atoms with Crippen LogP contribution in [0, 0.1) is 6.92 Å². The van der Waals surface area contributed by atoms with E-state index in [0.29, 0.717) is 23.3 Å². The number of carbonyl (C=O) groups excluding carboxylic acids is 1. The molecule has 12 heteroatoms. The molecule has 1 fully saturated rings. The molecule has 0 unspecified atom stereocenters. The molecule has 192 valence electrons. The zero-order valence-corrected chi connectivity index (χ0v) is 20.2. The van der Waals surface area contributed by atoms with E-state index in [2.05, 4.69) is 48.9 Å². The van der Waals surface area contributed by atoms with Crippen LogP contribution in [0.1, 0.15) is 18.5 Å². The van der Waals surface area contributed by atoms with E-state index >= 15 is 0 Å². The first-order valence-corrected chi connectivity index (χ1v) is 11.4. The van der Waals surface area contributed by atoms with Gasteiger partial charge in [0.05, 0.1) is 17.6 Å². The van der Waals surface area contributed by atoms with Crippen LogP contribution in [0.2, 0.25) is 0 Å². The Morgan fingerprint density at radius 3 is 2.44 bits per heavy atom. The molecule has 4 rings (SSSR count). The molecule has 0 radical (unpaired) electrons. The van der Waals surface area contributed by atoms with Crippen molar-refractivity contribution in [3.63, 3.8) is 0 Å². The molecule has 3 heterocycles. The van der Waals surface area contributed by atoms with Crippen LogP contribution >= 0.6 is 0 Å². The highest BCUT2D eigenvalue weighted by Crippen LogP contribution is 2.26. The van der Waals surface area contributed by atoms with Gasteiger partial charge >= 0.3 is 6.36 Å². The molecule has 36 heavy (non-hydrogen) atoms. The number of aromatic nitrogens is 3. The standard InChI is InChI=1S/C24H27F3N6O3/c1-15-20-12-16(30-21(34)14-35-18-4-6-19(7-5-18)36-24(25,26)27)13-28-22(20)31-23(29-15)33-10-8-17(9-11-33)32(2)3/h4-7,12-13,17H,8-11,14H2,1-3H3,(H,30,34). The second-order valence-corrected chi connectivity index (χ2v) is 8.74. The van der Waals surface area contributed by atoms with Crippen molar-refractivity contribution in [1.82, 2.24) is 19.9 Å². The first kappa shape index (κ1) is 25.4. The molecular weight excluding hydrogens is 477 g/mol. The molecule has 1 amide bonds. The minimum atomic E-state index is -4.77. The molecule has 2 aromatic heterocycles. The Kier molecular flexibility index (Phi) is 7.43. The summed E-state index contributed by atoms with van der Waals surface area (Å²) in [5.74, 6) is 0.0512. The number of halogens is 3. The number of pyridine rings is 1. The zero-order chi connectivity index (χ0) is 25.9. The number of ether oxygens (including phenoxy) is 2. The summed E-state index contributed by atoms with van der Waals surface area (Å²) in [5.41, 5.74) is 1.75. The monoisotopic (exact) mass is 504 g/mol. The second-order valence-electron chi connectivity index (χ2n) is 8.74. The average Bonchev–Trinajstić information content (AvgIpc) is 2.83. The summed E-state index contributed by atoms with van der Waals surface area (Å²) < 4.78 is 45.9. The smallest absolute Gasteiger partial charge is 0.484 e. The number of anilines is 2. The summed E-state index contributed by atoms with van der Waals surface area (Å²) in [4.78, 5) is 30.4. The van der Waals surface area contributed by atoms with Gasteiger partial charge in [0.15, 0.2) is 12.3 Å². The van der Waals surface area contributed by atoms with Crippen LogP contribution < -0.4 is 19.7 Å². The Hall–Kier alpha value is -3.67. The van der Waals surface area contributed by atoms with Crippen molar-refractivity contribution < 1.29 is 27.4 Å². The predicted octanol–water partition coefficient (Wildman–Crippen LogP) is 3.78. The molecule has 1 aromatic carbocycles. The Bertz CT molecular complexity index is 1210. The van der Waals surface area contributed by atoms with Gasteiger partial charge in [0.2, 0.25) is 5.95 Å². The fourth-order valence-electron chi connectivity index (χ4n) is 4.02. The van der Waals surface area contributed by atoms with Crippen LogP contribution in [0.25, 0.3) is 11.0 Å². The SMILES string of the molecule is Cc1nc(N2CCC(N(C)C)CC2)nc2ncc(NC(=O)COc3ccc(OC(F)(F)F)cc3)cc12. The molecule has 9 nitrogen and oxygen atoms in total. The van der Waals surface area contributed by atoms with Gasteiger partial charge in [-0.05, 0) is 64.2 Å². The maximum Gasteiger partial charge on any atom is 0.573 e. The molecular formula is C24H27F3N6O3. The van der Waals surface area contributed by atoms with Crippen LogP contribution in [0.5, 0.6) is 11.5 Å². The topological polar surface area (TPSA) is 92.7 Å². The Morgan fingerprint density at radius 2 is 1.81 bits per heavy atom. The Balaban J connectivity index is 1.35. The quantitative estimate of drug-likeness (QED) is 0.520. The summed E-state index contributed by atoms with van der Waals surface area (Å²) in [6.45, 7) is 3.29. The van der Waals surface area contributed by atoms with Gasteiger partial charge in [-0.1, -0.05) is 0 Å². The third-order valence-corrected chi connectivity index (χ3v) is 5.92. The number of piperidine rings is 1. The van der Waals surface area contributed by atoms with Gasteiger partial charge in [-0.15, -0.1) is 13.2 Å². The van der Waals surface area contributed by atoms with Gasteiger partial charge in [-0.25, -0.2) is 9.97 Å². The second kappa shape index (κ2) is 10.5. The van der Waals surface area contributed by atoms with E-state index in [1.165, 1.54) is 18.3 Å². The number of amides is 1. The first-order valence-electron chi connectivity index (χ1n) is 11.4. The van der Waals surface area contributed by atoms with Crippen molar-refractivity contribution in [3.05, 3.63) is 42.2 Å². The number of hydrogen-bond donors (Lipinski definition) is 1. The number of rotatable bonds is 7. The van der Waals surface area contributed by atoms with Crippen LogP contribution in [0.3, 0.4) is 0 Å². The van der Waals surface area contributed by atoms with E-state index in [1.54, 1.807) is 6.07 Å². The van der Waals surface area contributed by atoms with E-state index in [9.17, 15) is 18.0 Å². The molecule has 0 bridgehead atoms. The molecule has 1 N–H and O–H groups in total. The summed E-state index contributed by atoms with van der Waals surface area (Å²) in [5, 5.41) is 3.42. The molecule has 0 spiro atoms. The van der Waals surface area contributed by atoms with Crippen LogP contribution in [0.15, 0.2) is 36.5 Å². The number of aryl methyl sites for hydroxylation is 1. The molecule has 0 aliphatic carbocycles. The number of benzene rings is 1. The van der Waals surface area contributed by atoms with Crippen molar-refractivity contribution in [1.29, 1.82) is 0 Å². The first-order chi connectivity index (χ1) is 17.1. The maximum absolute atomic E-state index is 12.3. The molecule has 1 aliphatic rings. The predicted molar refractivity (Wildman–Crippen MR) is 128 cm³/mol. The highest BCUT2D eigenvalue weighted by molar-refractivity contribution is 5.94. The van der Waals surface area contributed by atoms with Crippen LogP contribution in [-0.2, 0) is 4.79 Å². The number of nitrogens with one attached hydrogen (secondary N) is 1. The number of nitrogens with zero attached hydrogens (tertiary/aromatic N) is 5. The van der Waals surface area contributed by atoms with E-state index in [0.717, 1.165) is 49.1 Å². The Labute approximate surface area is 206 Å². The number of fused-ring (bicyclic) bond motifs is 1. The largest absolute Gasteiger partial charge is 0.573 e. The van der Waals surface area contributed by atoms with Crippen molar-refractivity contribution in [2.75, 3.05) is 44.0 Å². The highest BCUT2D eigenvalue weighted by atomic mass is 19.4. The molecule has 1 aliphatic heterocycles. The van der Waals surface area contributed by atoms with Gasteiger partial charge in [0.1, 0.15) is 11.5 Å². The van der Waals surface area contributed by atoms with E-state index in [1.807, 2.05) is 6.92 Å². The fourth-order valence-corrected chi connectivity index (χ4v) is 4.02. The van der Waals surface area contributed by atoms with Gasteiger partial charge in [0.25, 0.3) is 5.91 Å². The van der Waals surface area contributed by atoms with Gasteiger partial charge in [-0.3, -0.25) is 4.79 Å². The summed E-state index contributed by atoms with van der Waals surface area (Å²) in [6.07, 6.45) is -1.18. The lowest BCUT2D eigenvalue weighted by Gasteiger charge is -2.35. The number of hydrogen-bond acceptors (Lipinski definition) is 8. The third-order valence-electron chi connectivity index (χ3n) is 5.92. The Morgan fingerprint density at radius 1 is 1.14 bits per heavy atom. The minimum absolute atomic E-state index is 0.225. The summed E-state index contributed by atoms with van der Waals surface area (Å²) in [7, 11) is 4.19. The van der Waals surface area contributed by atoms with Crippen molar-refractivity contribution in [3.8, 4) is 11.5 Å². The molecule has 0 saturated carbocycles. The number of alkyl halides is 3. The number of carbonyl (C=O) groups is 1. The zero-order valence-electron chi connectivity index (χ0n) is 20.2. The normalized spacial score (nSPS) is 14.8. The molecule has 3 aromatic rings. The lowest BCUT2D eigenvalue weighted by molar-refractivity contribution is -0.274. The lowest BCUT2D eigenvalue weighted by atomic mass is 10.0. The van der Waals surface area contributed by atoms with Crippen LogP contribution in [-0.4, -0.2) is 72.0 Å². The minimum Gasteiger partial charge on any atom is -0.484 e.